The molecule has 1 aliphatic heterocycles. The molecule has 4 heteroatoms. The van der Waals surface area contributed by atoms with E-state index in [0.717, 1.165) is 37.4 Å². The van der Waals surface area contributed by atoms with Gasteiger partial charge >= 0.3 is 0 Å². The minimum absolute atomic E-state index is 0.727. The van der Waals surface area contributed by atoms with Crippen LogP contribution < -0.4 is 10.5 Å². The molecule has 0 radical (unpaired) electrons. The smallest absolute Gasteiger partial charge is 0.142 e. The normalized spacial score (nSPS) is 17.0. The van der Waals surface area contributed by atoms with Crippen molar-refractivity contribution in [1.82, 2.24) is 9.80 Å². The van der Waals surface area contributed by atoms with Crippen molar-refractivity contribution in [3.05, 3.63) is 23.8 Å². The lowest BCUT2D eigenvalue weighted by Crippen LogP contribution is -2.46. The number of benzene rings is 1. The van der Waals surface area contributed by atoms with Crippen LogP contribution >= 0.6 is 0 Å². The zero-order valence-corrected chi connectivity index (χ0v) is 13.5. The first-order valence-corrected chi connectivity index (χ1v) is 8.18. The van der Waals surface area contributed by atoms with Crippen molar-refractivity contribution in [2.45, 2.75) is 26.7 Å². The topological polar surface area (TPSA) is 41.7 Å². The van der Waals surface area contributed by atoms with Gasteiger partial charge in [-0.2, -0.15) is 0 Å². The van der Waals surface area contributed by atoms with Gasteiger partial charge in [-0.3, -0.25) is 0 Å². The van der Waals surface area contributed by atoms with Gasteiger partial charge in [0.1, 0.15) is 5.75 Å². The maximum absolute atomic E-state index is 6.06. The lowest BCUT2D eigenvalue weighted by molar-refractivity contribution is 0.138. The summed E-state index contributed by atoms with van der Waals surface area (Å²) in [7, 11) is 0. The van der Waals surface area contributed by atoms with E-state index in [1.165, 1.54) is 38.3 Å². The van der Waals surface area contributed by atoms with E-state index < -0.39 is 0 Å². The fourth-order valence-corrected chi connectivity index (χ4v) is 2.71. The molecule has 0 aliphatic carbocycles. The fourth-order valence-electron chi connectivity index (χ4n) is 2.71. The number of nitrogens with two attached hydrogens (primary N) is 1. The van der Waals surface area contributed by atoms with Crippen molar-refractivity contribution < 1.29 is 4.74 Å². The van der Waals surface area contributed by atoms with Crippen molar-refractivity contribution in [2.24, 2.45) is 0 Å². The van der Waals surface area contributed by atoms with Gasteiger partial charge < -0.3 is 20.3 Å². The summed E-state index contributed by atoms with van der Waals surface area (Å²) in [5, 5.41) is 0. The van der Waals surface area contributed by atoms with E-state index in [2.05, 4.69) is 35.8 Å². The summed E-state index contributed by atoms with van der Waals surface area (Å²) < 4.78 is 5.62. The summed E-state index contributed by atoms with van der Waals surface area (Å²) >= 11 is 0. The average Bonchev–Trinajstić information content (AvgIpc) is 2.52. The molecular formula is C17H29N3O. The lowest BCUT2D eigenvalue weighted by Gasteiger charge is -2.34. The van der Waals surface area contributed by atoms with E-state index in [0.29, 0.717) is 0 Å². The second-order valence-corrected chi connectivity index (χ2v) is 5.75. The second kappa shape index (κ2) is 8.25. The maximum Gasteiger partial charge on any atom is 0.142 e. The first-order valence-electron chi connectivity index (χ1n) is 8.18. The van der Waals surface area contributed by atoms with E-state index in [4.69, 9.17) is 10.5 Å². The van der Waals surface area contributed by atoms with Crippen LogP contribution in [-0.2, 0) is 6.42 Å². The van der Waals surface area contributed by atoms with Crippen molar-refractivity contribution >= 4 is 5.69 Å². The third-order valence-corrected chi connectivity index (χ3v) is 4.16. The van der Waals surface area contributed by atoms with Gasteiger partial charge in [0.15, 0.2) is 0 Å². The number of nitrogens with zero attached hydrogens (tertiary/aromatic N) is 2. The molecular weight excluding hydrogens is 262 g/mol. The van der Waals surface area contributed by atoms with Gasteiger partial charge in [-0.05, 0) is 37.1 Å². The minimum Gasteiger partial charge on any atom is -0.491 e. The zero-order chi connectivity index (χ0) is 15.1. The van der Waals surface area contributed by atoms with E-state index >= 15 is 0 Å². The molecule has 0 atom stereocenters. The number of hydrogen-bond acceptors (Lipinski definition) is 4. The molecule has 118 valence electrons. The molecule has 2 rings (SSSR count). The third kappa shape index (κ3) is 4.90. The average molecular weight is 291 g/mol. The highest BCUT2D eigenvalue weighted by atomic mass is 16.5. The van der Waals surface area contributed by atoms with Crippen LogP contribution in [0.4, 0.5) is 5.69 Å². The maximum atomic E-state index is 6.06. The number of anilines is 1. The van der Waals surface area contributed by atoms with Gasteiger partial charge in [0, 0.05) is 32.7 Å². The van der Waals surface area contributed by atoms with Gasteiger partial charge in [-0.25, -0.2) is 0 Å². The summed E-state index contributed by atoms with van der Waals surface area (Å²) in [4.78, 5) is 5.05. The number of piperazine rings is 1. The minimum atomic E-state index is 0.727. The second-order valence-electron chi connectivity index (χ2n) is 5.75. The quantitative estimate of drug-likeness (QED) is 0.782. The van der Waals surface area contributed by atoms with E-state index in [1.807, 2.05) is 6.07 Å². The Morgan fingerprint density at radius 3 is 2.43 bits per heavy atom. The van der Waals surface area contributed by atoms with Crippen LogP contribution in [-0.4, -0.2) is 55.7 Å². The van der Waals surface area contributed by atoms with Crippen LogP contribution in [0.3, 0.4) is 0 Å². The molecule has 21 heavy (non-hydrogen) atoms. The summed E-state index contributed by atoms with van der Waals surface area (Å²) in [5.41, 5.74) is 8.12. The van der Waals surface area contributed by atoms with Gasteiger partial charge in [-0.15, -0.1) is 0 Å². The molecule has 0 bridgehead atoms. The Balaban J connectivity index is 1.79. The summed E-state index contributed by atoms with van der Waals surface area (Å²) in [6, 6.07) is 6.21. The summed E-state index contributed by atoms with van der Waals surface area (Å²) in [6.45, 7) is 12.1. The monoisotopic (exact) mass is 291 g/mol. The standard InChI is InChI=1S/C17H29N3O/c1-3-13-21-17-6-5-15(14-16(17)18)7-8-20-11-9-19(4-2)10-12-20/h5-6,14H,3-4,7-13,18H2,1-2H3. The van der Waals surface area contributed by atoms with Crippen LogP contribution in [0.15, 0.2) is 18.2 Å². The van der Waals surface area contributed by atoms with Gasteiger partial charge in [0.2, 0.25) is 0 Å². The number of nitrogen functional groups attached to an aromatic ring is 1. The number of likely N-dealkylation sites (N-methyl/N-ethyl adjacent to an activating group) is 1. The van der Waals surface area contributed by atoms with Crippen LogP contribution in [0.2, 0.25) is 0 Å². The first-order chi connectivity index (χ1) is 10.2. The molecule has 1 aliphatic rings. The lowest BCUT2D eigenvalue weighted by atomic mass is 10.1. The SMILES string of the molecule is CCCOc1ccc(CCN2CCN(CC)CC2)cc1N. The van der Waals surface area contributed by atoms with Gasteiger partial charge in [0.25, 0.3) is 0 Å². The molecule has 1 fully saturated rings. The van der Waals surface area contributed by atoms with E-state index in [-0.39, 0.29) is 0 Å². The van der Waals surface area contributed by atoms with Crippen molar-refractivity contribution in [1.29, 1.82) is 0 Å². The van der Waals surface area contributed by atoms with E-state index in [1.54, 1.807) is 0 Å². The Bertz CT molecular complexity index is 428. The number of rotatable bonds is 7. The Kier molecular flexibility index (Phi) is 6.33. The van der Waals surface area contributed by atoms with Crippen molar-refractivity contribution in [3.8, 4) is 5.75 Å². The molecule has 4 nitrogen and oxygen atoms in total. The first kappa shape index (κ1) is 16.1. The Hall–Kier alpha value is -1.26. The molecule has 0 saturated carbocycles. The summed E-state index contributed by atoms with van der Waals surface area (Å²) in [5.74, 6) is 0.817. The van der Waals surface area contributed by atoms with Crippen LogP contribution in [0.1, 0.15) is 25.8 Å². The Labute approximate surface area is 128 Å². The van der Waals surface area contributed by atoms with Crippen LogP contribution in [0.5, 0.6) is 5.75 Å². The highest BCUT2D eigenvalue weighted by Gasteiger charge is 2.15. The molecule has 1 saturated heterocycles. The predicted octanol–water partition coefficient (Wildman–Crippen LogP) is 2.24. The summed E-state index contributed by atoms with van der Waals surface area (Å²) in [6.07, 6.45) is 2.06. The van der Waals surface area contributed by atoms with Crippen LogP contribution in [0, 0.1) is 0 Å². The molecule has 1 heterocycles. The van der Waals surface area contributed by atoms with Crippen molar-refractivity contribution in [3.63, 3.8) is 0 Å². The fraction of sp³-hybridized carbons (Fsp3) is 0.647. The van der Waals surface area contributed by atoms with Gasteiger partial charge in [0.05, 0.1) is 12.3 Å². The molecule has 2 N–H and O–H groups in total. The Morgan fingerprint density at radius 1 is 1.10 bits per heavy atom. The third-order valence-electron chi connectivity index (χ3n) is 4.16. The largest absolute Gasteiger partial charge is 0.491 e. The molecule has 0 aromatic heterocycles. The molecule has 0 amide bonds. The highest BCUT2D eigenvalue weighted by molar-refractivity contribution is 5.54. The highest BCUT2D eigenvalue weighted by Crippen LogP contribution is 2.23. The van der Waals surface area contributed by atoms with Crippen molar-refractivity contribution in [2.75, 3.05) is 51.6 Å². The van der Waals surface area contributed by atoms with Gasteiger partial charge in [-0.1, -0.05) is 19.9 Å². The molecule has 1 aromatic carbocycles. The molecule has 1 aromatic rings. The van der Waals surface area contributed by atoms with E-state index in [9.17, 15) is 0 Å². The van der Waals surface area contributed by atoms with Crippen LogP contribution in [0.25, 0.3) is 0 Å². The zero-order valence-electron chi connectivity index (χ0n) is 13.5. The number of hydrogen-bond donors (Lipinski definition) is 1. The Morgan fingerprint density at radius 2 is 1.81 bits per heavy atom. The molecule has 0 spiro atoms. The predicted molar refractivity (Wildman–Crippen MR) is 88.9 cm³/mol. The number of ether oxygens (including phenoxy) is 1. The molecule has 0 unspecified atom stereocenters.